The van der Waals surface area contributed by atoms with Gasteiger partial charge in [0.1, 0.15) is 0 Å². The molecule has 2 aromatic carbocycles. The number of carbonyl (C=O) groups excluding carboxylic acids is 1. The van der Waals surface area contributed by atoms with Gasteiger partial charge in [0.05, 0.1) is 23.3 Å². The molecule has 0 bridgehead atoms. The Hall–Kier alpha value is -2.14. The molecule has 0 radical (unpaired) electrons. The van der Waals surface area contributed by atoms with E-state index in [0.29, 0.717) is 11.1 Å². The van der Waals surface area contributed by atoms with Crippen molar-refractivity contribution in [1.82, 2.24) is 0 Å². The average molecular weight is 318 g/mol. The van der Waals surface area contributed by atoms with Gasteiger partial charge >= 0.3 is 5.97 Å². The largest absolute Gasteiger partial charge is 0.465 e. The minimum absolute atomic E-state index is 0.146. The number of hydrogen-bond acceptors (Lipinski definition) is 4. The van der Waals surface area contributed by atoms with Gasteiger partial charge in [-0.25, -0.2) is 13.2 Å². The molecule has 5 heteroatoms. The summed E-state index contributed by atoms with van der Waals surface area (Å²) in [6.07, 6.45) is 0. The van der Waals surface area contributed by atoms with Gasteiger partial charge in [-0.05, 0) is 49.2 Å². The lowest BCUT2D eigenvalue weighted by Gasteiger charge is -2.09. The predicted molar refractivity (Wildman–Crippen MR) is 84.6 cm³/mol. The van der Waals surface area contributed by atoms with E-state index in [-0.39, 0.29) is 10.6 Å². The molecule has 0 aliphatic rings. The van der Waals surface area contributed by atoms with Crippen molar-refractivity contribution in [3.05, 3.63) is 64.7 Å². The van der Waals surface area contributed by atoms with E-state index < -0.39 is 15.8 Å². The molecule has 0 N–H and O–H groups in total. The van der Waals surface area contributed by atoms with Gasteiger partial charge in [-0.15, -0.1) is 0 Å². The molecule has 0 atom stereocenters. The lowest BCUT2D eigenvalue weighted by molar-refractivity contribution is 0.0600. The summed E-state index contributed by atoms with van der Waals surface area (Å²) in [7, 11) is -2.16. The van der Waals surface area contributed by atoms with Gasteiger partial charge in [0.25, 0.3) is 0 Å². The second kappa shape index (κ2) is 6.32. The van der Waals surface area contributed by atoms with Crippen molar-refractivity contribution in [2.75, 3.05) is 7.11 Å². The fourth-order valence-corrected chi connectivity index (χ4v) is 3.54. The number of hydrogen-bond donors (Lipinski definition) is 0. The minimum Gasteiger partial charge on any atom is -0.465 e. The third kappa shape index (κ3) is 3.54. The third-order valence-electron chi connectivity index (χ3n) is 3.50. The number of rotatable bonds is 4. The van der Waals surface area contributed by atoms with Gasteiger partial charge in [0.2, 0.25) is 0 Å². The zero-order valence-corrected chi connectivity index (χ0v) is 13.6. The Labute approximate surface area is 130 Å². The molecule has 0 aliphatic heterocycles. The Morgan fingerprint density at radius 1 is 1.05 bits per heavy atom. The molecule has 0 aromatic heterocycles. The molecule has 0 heterocycles. The monoisotopic (exact) mass is 318 g/mol. The van der Waals surface area contributed by atoms with Crippen LogP contribution < -0.4 is 0 Å². The second-order valence-electron chi connectivity index (χ2n) is 5.20. The van der Waals surface area contributed by atoms with E-state index in [0.717, 1.165) is 11.1 Å². The molecule has 0 aliphatic carbocycles. The standard InChI is InChI=1S/C17H18O4S/c1-12-4-8-16(9-5-12)22(19,20)11-15-10-14(17(18)21-3)7-6-13(15)2/h4-10H,11H2,1-3H3. The highest BCUT2D eigenvalue weighted by Crippen LogP contribution is 2.20. The van der Waals surface area contributed by atoms with Crippen LogP contribution in [0.25, 0.3) is 0 Å². The highest BCUT2D eigenvalue weighted by atomic mass is 32.2. The van der Waals surface area contributed by atoms with Crippen LogP contribution in [0.5, 0.6) is 0 Å². The van der Waals surface area contributed by atoms with Crippen LogP contribution in [-0.2, 0) is 20.3 Å². The van der Waals surface area contributed by atoms with Gasteiger partial charge in [-0.2, -0.15) is 0 Å². The maximum atomic E-state index is 12.5. The Kier molecular flexibility index (Phi) is 4.66. The van der Waals surface area contributed by atoms with Crippen LogP contribution in [0.15, 0.2) is 47.4 Å². The van der Waals surface area contributed by atoms with Gasteiger partial charge in [0, 0.05) is 0 Å². The van der Waals surface area contributed by atoms with Crippen LogP contribution in [0.3, 0.4) is 0 Å². The first-order chi connectivity index (χ1) is 10.3. The Morgan fingerprint density at radius 3 is 2.27 bits per heavy atom. The number of ether oxygens (including phenoxy) is 1. The summed E-state index contributed by atoms with van der Waals surface area (Å²) in [4.78, 5) is 11.9. The van der Waals surface area contributed by atoms with Gasteiger partial charge in [0.15, 0.2) is 9.84 Å². The molecule has 0 saturated heterocycles. The fourth-order valence-electron chi connectivity index (χ4n) is 2.11. The highest BCUT2D eigenvalue weighted by molar-refractivity contribution is 7.90. The first kappa shape index (κ1) is 16.2. The normalized spacial score (nSPS) is 11.2. The van der Waals surface area contributed by atoms with Gasteiger partial charge in [-0.3, -0.25) is 0 Å². The van der Waals surface area contributed by atoms with Gasteiger partial charge < -0.3 is 4.74 Å². The maximum Gasteiger partial charge on any atom is 0.337 e. The van der Waals surface area contributed by atoms with E-state index in [1.807, 2.05) is 13.8 Å². The molecule has 0 saturated carbocycles. The summed E-state index contributed by atoms with van der Waals surface area (Å²) in [5.74, 6) is -0.624. The number of benzene rings is 2. The zero-order chi connectivity index (χ0) is 16.3. The van der Waals surface area contributed by atoms with Crippen LogP contribution in [-0.4, -0.2) is 21.5 Å². The Morgan fingerprint density at radius 2 is 1.68 bits per heavy atom. The lowest BCUT2D eigenvalue weighted by Crippen LogP contribution is -2.08. The average Bonchev–Trinajstić information content (AvgIpc) is 2.49. The van der Waals surface area contributed by atoms with E-state index in [1.54, 1.807) is 42.5 Å². The molecule has 4 nitrogen and oxygen atoms in total. The molecular formula is C17H18O4S. The van der Waals surface area contributed by atoms with E-state index in [1.165, 1.54) is 7.11 Å². The van der Waals surface area contributed by atoms with Crippen molar-refractivity contribution < 1.29 is 17.9 Å². The molecule has 0 amide bonds. The summed E-state index contributed by atoms with van der Waals surface area (Å²) in [6.45, 7) is 3.72. The van der Waals surface area contributed by atoms with Crippen molar-refractivity contribution in [2.24, 2.45) is 0 Å². The minimum atomic E-state index is -3.45. The summed E-state index contributed by atoms with van der Waals surface area (Å²) in [6, 6.07) is 11.7. The number of aryl methyl sites for hydroxylation is 2. The number of sulfone groups is 1. The first-order valence-corrected chi connectivity index (χ1v) is 8.46. The van der Waals surface area contributed by atoms with Crippen molar-refractivity contribution in [1.29, 1.82) is 0 Å². The summed E-state index contributed by atoms with van der Waals surface area (Å²) in [5, 5.41) is 0. The van der Waals surface area contributed by atoms with Crippen LogP contribution >= 0.6 is 0 Å². The topological polar surface area (TPSA) is 60.4 Å². The Balaban J connectivity index is 2.37. The number of methoxy groups -OCH3 is 1. The summed E-state index contributed by atoms with van der Waals surface area (Å²) < 4.78 is 29.7. The van der Waals surface area contributed by atoms with Crippen LogP contribution in [0.1, 0.15) is 27.0 Å². The number of esters is 1. The quantitative estimate of drug-likeness (QED) is 0.813. The second-order valence-corrected chi connectivity index (χ2v) is 7.19. The molecule has 0 unspecified atom stereocenters. The zero-order valence-electron chi connectivity index (χ0n) is 12.8. The smallest absolute Gasteiger partial charge is 0.337 e. The SMILES string of the molecule is COC(=O)c1ccc(C)c(CS(=O)(=O)c2ccc(C)cc2)c1. The van der Waals surface area contributed by atoms with E-state index >= 15 is 0 Å². The summed E-state index contributed by atoms with van der Waals surface area (Å²) >= 11 is 0. The van der Waals surface area contributed by atoms with Gasteiger partial charge in [-0.1, -0.05) is 23.8 Å². The van der Waals surface area contributed by atoms with E-state index in [2.05, 4.69) is 4.74 Å². The summed E-state index contributed by atoms with van der Waals surface area (Å²) in [5.41, 5.74) is 2.77. The van der Waals surface area contributed by atoms with E-state index in [9.17, 15) is 13.2 Å². The molecule has 0 spiro atoms. The molecular weight excluding hydrogens is 300 g/mol. The van der Waals surface area contributed by atoms with E-state index in [4.69, 9.17) is 0 Å². The van der Waals surface area contributed by atoms with Crippen LogP contribution in [0.2, 0.25) is 0 Å². The third-order valence-corrected chi connectivity index (χ3v) is 5.18. The first-order valence-electron chi connectivity index (χ1n) is 6.81. The highest BCUT2D eigenvalue weighted by Gasteiger charge is 2.18. The van der Waals surface area contributed by atoms with Crippen molar-refractivity contribution in [2.45, 2.75) is 24.5 Å². The van der Waals surface area contributed by atoms with Crippen molar-refractivity contribution >= 4 is 15.8 Å². The van der Waals surface area contributed by atoms with Crippen LogP contribution in [0, 0.1) is 13.8 Å². The molecule has 0 fully saturated rings. The Bertz CT molecular complexity index is 790. The number of carbonyl (C=O) groups is 1. The molecule has 2 rings (SSSR count). The fraction of sp³-hybridized carbons (Fsp3) is 0.235. The maximum absolute atomic E-state index is 12.5. The van der Waals surface area contributed by atoms with Crippen molar-refractivity contribution in [3.8, 4) is 0 Å². The predicted octanol–water partition coefficient (Wildman–Crippen LogP) is 3.06. The molecule has 2 aromatic rings. The van der Waals surface area contributed by atoms with Crippen molar-refractivity contribution in [3.63, 3.8) is 0 Å². The molecule has 22 heavy (non-hydrogen) atoms. The molecule has 116 valence electrons. The van der Waals surface area contributed by atoms with Crippen LogP contribution in [0.4, 0.5) is 0 Å². The lowest BCUT2D eigenvalue weighted by atomic mass is 10.1.